The highest BCUT2D eigenvalue weighted by molar-refractivity contribution is 6.03. The third-order valence-electron chi connectivity index (χ3n) is 4.16. The average molecular weight is 342 g/mol. The molecule has 1 atom stereocenters. The van der Waals surface area contributed by atoms with Gasteiger partial charge in [0.2, 0.25) is 11.7 Å². The normalized spacial score (nSPS) is 17.0. The van der Waals surface area contributed by atoms with Gasteiger partial charge in [-0.15, -0.1) is 0 Å². The first-order valence-electron chi connectivity index (χ1n) is 7.89. The summed E-state index contributed by atoms with van der Waals surface area (Å²) in [7, 11) is 0. The highest BCUT2D eigenvalue weighted by Gasteiger charge is 2.34. The fourth-order valence-corrected chi connectivity index (χ4v) is 2.90. The second kappa shape index (κ2) is 6.43. The lowest BCUT2D eigenvalue weighted by atomic mass is 10.2. The van der Waals surface area contributed by atoms with E-state index in [1.807, 2.05) is 31.2 Å². The molecule has 0 spiro atoms. The van der Waals surface area contributed by atoms with E-state index in [-0.39, 0.29) is 17.4 Å². The van der Waals surface area contributed by atoms with Gasteiger partial charge in [-0.05, 0) is 44.0 Å². The van der Waals surface area contributed by atoms with Gasteiger partial charge in [0, 0.05) is 17.8 Å². The summed E-state index contributed by atoms with van der Waals surface area (Å²) < 4.78 is 5.07. The van der Waals surface area contributed by atoms with Crippen molar-refractivity contribution in [3.8, 4) is 0 Å². The van der Waals surface area contributed by atoms with E-state index in [2.05, 4.69) is 5.32 Å². The molecular formula is C18H18N2O5. The van der Waals surface area contributed by atoms with Gasteiger partial charge in [-0.25, -0.2) is 4.79 Å². The molecule has 0 aliphatic carbocycles. The van der Waals surface area contributed by atoms with Crippen LogP contribution < -0.4 is 10.2 Å². The van der Waals surface area contributed by atoms with Gasteiger partial charge >= 0.3 is 5.97 Å². The molecule has 2 amide bonds. The third kappa shape index (κ3) is 3.26. The van der Waals surface area contributed by atoms with Crippen LogP contribution in [0.1, 0.15) is 38.7 Å². The van der Waals surface area contributed by atoms with Gasteiger partial charge in [0.1, 0.15) is 6.04 Å². The van der Waals surface area contributed by atoms with Gasteiger partial charge in [0.05, 0.1) is 0 Å². The maximum Gasteiger partial charge on any atom is 0.372 e. The molecule has 0 bridgehead atoms. The Morgan fingerprint density at radius 1 is 1.28 bits per heavy atom. The van der Waals surface area contributed by atoms with Crippen LogP contribution in [0.4, 0.5) is 5.69 Å². The van der Waals surface area contributed by atoms with Gasteiger partial charge < -0.3 is 19.7 Å². The van der Waals surface area contributed by atoms with Gasteiger partial charge in [0.25, 0.3) is 5.91 Å². The number of furan rings is 1. The molecule has 3 rings (SSSR count). The fourth-order valence-electron chi connectivity index (χ4n) is 2.90. The number of hydrogen-bond acceptors (Lipinski definition) is 4. The molecule has 0 radical (unpaired) electrons. The standard InChI is InChI=1S/C18H18N2O5/c1-10-4-3-5-12(8-10)20-7-6-13(17(20)22)19-16(21)14-9-11(2)15(25-14)18(23)24/h3-5,8-9,13H,6-7H2,1-2H3,(H,19,21)(H,23,24). The molecule has 2 aromatic rings. The zero-order chi connectivity index (χ0) is 18.1. The van der Waals surface area contributed by atoms with Crippen LogP contribution in [-0.4, -0.2) is 35.5 Å². The predicted molar refractivity (Wildman–Crippen MR) is 89.8 cm³/mol. The van der Waals surface area contributed by atoms with Crippen LogP contribution >= 0.6 is 0 Å². The number of nitrogens with one attached hydrogen (secondary N) is 1. The number of aryl methyl sites for hydroxylation is 2. The van der Waals surface area contributed by atoms with E-state index < -0.39 is 17.9 Å². The topological polar surface area (TPSA) is 99.8 Å². The van der Waals surface area contributed by atoms with E-state index >= 15 is 0 Å². The number of nitrogens with zero attached hydrogens (tertiary/aromatic N) is 1. The molecule has 7 heteroatoms. The molecule has 1 aliphatic heterocycles. The van der Waals surface area contributed by atoms with Crippen LogP contribution in [0.2, 0.25) is 0 Å². The Morgan fingerprint density at radius 3 is 2.68 bits per heavy atom. The molecule has 2 heterocycles. The molecule has 2 N–H and O–H groups in total. The Hall–Kier alpha value is -3.09. The maximum atomic E-state index is 12.6. The number of carboxylic acids is 1. The SMILES string of the molecule is Cc1cccc(N2CCC(NC(=O)c3cc(C)c(C(=O)O)o3)C2=O)c1. The van der Waals surface area contributed by atoms with Crippen molar-refractivity contribution >= 4 is 23.5 Å². The zero-order valence-corrected chi connectivity index (χ0v) is 13.9. The monoisotopic (exact) mass is 342 g/mol. The summed E-state index contributed by atoms with van der Waals surface area (Å²) in [5.41, 5.74) is 2.20. The van der Waals surface area contributed by atoms with Crippen LogP contribution in [0.3, 0.4) is 0 Å². The summed E-state index contributed by atoms with van der Waals surface area (Å²) in [5.74, 6) is -2.42. The van der Waals surface area contributed by atoms with Crippen molar-refractivity contribution in [1.82, 2.24) is 5.32 Å². The minimum Gasteiger partial charge on any atom is -0.475 e. The first-order valence-corrected chi connectivity index (χ1v) is 7.89. The van der Waals surface area contributed by atoms with E-state index in [0.717, 1.165) is 11.3 Å². The van der Waals surface area contributed by atoms with Gasteiger partial charge in [-0.3, -0.25) is 9.59 Å². The number of hydrogen-bond donors (Lipinski definition) is 2. The van der Waals surface area contributed by atoms with Crippen LogP contribution in [0.15, 0.2) is 34.7 Å². The minimum absolute atomic E-state index is 0.114. The Balaban J connectivity index is 1.71. The van der Waals surface area contributed by atoms with E-state index in [4.69, 9.17) is 9.52 Å². The number of carbonyl (C=O) groups excluding carboxylic acids is 2. The quantitative estimate of drug-likeness (QED) is 0.886. The van der Waals surface area contributed by atoms with Crippen molar-refractivity contribution in [3.05, 3.63) is 53.0 Å². The Morgan fingerprint density at radius 2 is 2.04 bits per heavy atom. The van der Waals surface area contributed by atoms with E-state index in [9.17, 15) is 14.4 Å². The smallest absolute Gasteiger partial charge is 0.372 e. The molecule has 7 nitrogen and oxygen atoms in total. The lowest BCUT2D eigenvalue weighted by Gasteiger charge is -2.17. The van der Waals surface area contributed by atoms with Crippen molar-refractivity contribution < 1.29 is 23.9 Å². The average Bonchev–Trinajstić information content (AvgIpc) is 3.11. The van der Waals surface area contributed by atoms with Crippen LogP contribution in [0.5, 0.6) is 0 Å². The first-order chi connectivity index (χ1) is 11.9. The molecule has 1 aromatic heterocycles. The molecule has 1 aliphatic rings. The minimum atomic E-state index is -1.24. The first kappa shape index (κ1) is 16.8. The van der Waals surface area contributed by atoms with Crippen molar-refractivity contribution in [3.63, 3.8) is 0 Å². The Kier molecular flexibility index (Phi) is 4.31. The summed E-state index contributed by atoms with van der Waals surface area (Å²) >= 11 is 0. The summed E-state index contributed by atoms with van der Waals surface area (Å²) in [4.78, 5) is 37.4. The number of carboxylic acid groups (broad SMARTS) is 1. The highest BCUT2D eigenvalue weighted by Crippen LogP contribution is 2.23. The zero-order valence-electron chi connectivity index (χ0n) is 13.9. The molecule has 1 fully saturated rings. The number of amides is 2. The number of benzene rings is 1. The number of carbonyl (C=O) groups is 3. The van der Waals surface area contributed by atoms with Crippen molar-refractivity contribution in [2.24, 2.45) is 0 Å². The second-order valence-corrected chi connectivity index (χ2v) is 6.07. The van der Waals surface area contributed by atoms with Gasteiger partial charge in [-0.1, -0.05) is 12.1 Å². The van der Waals surface area contributed by atoms with Crippen molar-refractivity contribution in [2.45, 2.75) is 26.3 Å². The lowest BCUT2D eigenvalue weighted by Crippen LogP contribution is -2.41. The van der Waals surface area contributed by atoms with E-state index in [1.165, 1.54) is 6.07 Å². The highest BCUT2D eigenvalue weighted by atomic mass is 16.4. The van der Waals surface area contributed by atoms with E-state index in [0.29, 0.717) is 18.5 Å². The Labute approximate surface area is 144 Å². The molecule has 0 saturated carbocycles. The van der Waals surface area contributed by atoms with E-state index in [1.54, 1.807) is 11.8 Å². The summed E-state index contributed by atoms with van der Waals surface area (Å²) in [6.07, 6.45) is 0.476. The molecule has 25 heavy (non-hydrogen) atoms. The molecule has 1 saturated heterocycles. The molecule has 1 aromatic carbocycles. The van der Waals surface area contributed by atoms with Crippen LogP contribution in [0.25, 0.3) is 0 Å². The van der Waals surface area contributed by atoms with Crippen LogP contribution in [0, 0.1) is 13.8 Å². The largest absolute Gasteiger partial charge is 0.475 e. The van der Waals surface area contributed by atoms with Crippen LogP contribution in [-0.2, 0) is 4.79 Å². The lowest BCUT2D eigenvalue weighted by molar-refractivity contribution is -0.118. The van der Waals surface area contributed by atoms with Gasteiger partial charge in [-0.2, -0.15) is 0 Å². The van der Waals surface area contributed by atoms with Crippen molar-refractivity contribution in [1.29, 1.82) is 0 Å². The second-order valence-electron chi connectivity index (χ2n) is 6.07. The van der Waals surface area contributed by atoms with Gasteiger partial charge in [0.15, 0.2) is 5.76 Å². The summed E-state index contributed by atoms with van der Waals surface area (Å²) in [6.45, 7) is 4.00. The molecule has 1 unspecified atom stereocenters. The molecule has 130 valence electrons. The van der Waals surface area contributed by atoms with Crippen molar-refractivity contribution in [2.75, 3.05) is 11.4 Å². The fraction of sp³-hybridized carbons (Fsp3) is 0.278. The summed E-state index contributed by atoms with van der Waals surface area (Å²) in [5, 5.41) is 11.6. The maximum absolute atomic E-state index is 12.6. The number of anilines is 1. The Bertz CT molecular complexity index is 855. The molecular weight excluding hydrogens is 324 g/mol. The number of rotatable bonds is 4. The predicted octanol–water partition coefficient (Wildman–Crippen LogP) is 2.13. The number of aromatic carboxylic acids is 1. The summed E-state index contributed by atoms with van der Waals surface area (Å²) in [6, 6.07) is 8.29. The third-order valence-corrected chi connectivity index (χ3v) is 4.16.